The van der Waals surface area contributed by atoms with Gasteiger partial charge in [0.1, 0.15) is 0 Å². The summed E-state index contributed by atoms with van der Waals surface area (Å²) in [4.78, 5) is 14.8. The van der Waals surface area contributed by atoms with Crippen LogP contribution in [-0.2, 0) is 5.41 Å². The number of para-hydroxylation sites is 1. The van der Waals surface area contributed by atoms with Gasteiger partial charge in [-0.2, -0.15) is 0 Å². The van der Waals surface area contributed by atoms with Gasteiger partial charge in [0, 0.05) is 38.6 Å². The van der Waals surface area contributed by atoms with E-state index in [0.29, 0.717) is 17.5 Å². The van der Waals surface area contributed by atoms with Crippen molar-refractivity contribution >= 4 is 32.6 Å². The Morgan fingerprint density at radius 1 is 0.420 bits per heavy atom. The van der Waals surface area contributed by atoms with Crippen LogP contribution in [0.15, 0.2) is 158 Å². The Bertz CT molecular complexity index is 2700. The summed E-state index contributed by atoms with van der Waals surface area (Å²) in [5.41, 5.74) is 11.8. The van der Waals surface area contributed by atoms with Crippen LogP contribution < -0.4 is 0 Å². The molecule has 0 N–H and O–H groups in total. The predicted molar refractivity (Wildman–Crippen MR) is 206 cm³/mol. The Kier molecular flexibility index (Phi) is 6.19. The van der Waals surface area contributed by atoms with Gasteiger partial charge in [-0.05, 0) is 87.6 Å². The highest BCUT2D eigenvalue weighted by atomic mass is 15.0. The minimum Gasteiger partial charge on any atom is -0.309 e. The molecule has 0 amide bonds. The molecular formula is C46H32N4. The molecule has 0 saturated heterocycles. The van der Waals surface area contributed by atoms with E-state index in [1.54, 1.807) is 0 Å². The van der Waals surface area contributed by atoms with E-state index in [1.807, 2.05) is 60.7 Å². The molecule has 2 heterocycles. The van der Waals surface area contributed by atoms with Crippen LogP contribution in [0.5, 0.6) is 0 Å². The maximum Gasteiger partial charge on any atom is 0.164 e. The standard InChI is InChI=1S/C46H32N4/c1-46(2)39-19-11-9-17-35(39)37-25-33-28-42-38(26-32(33)27-40(37)46)36-18-10-12-20-41(36)50(42)34-23-21-31(22-24-34)45-48-43(29-13-5-3-6-14-29)47-44(49-45)30-15-7-4-8-16-30/h3-28H,1-2H3. The van der Waals surface area contributed by atoms with Crippen LogP contribution >= 0.6 is 0 Å². The second-order valence-electron chi connectivity index (χ2n) is 13.7. The SMILES string of the molecule is CC1(C)c2ccccc2-c2cc3cc4c(cc3cc21)c1ccccc1n4-c1ccc(-c2nc(-c3ccccc3)nc(-c3ccccc3)n2)cc1. The molecule has 1 aliphatic carbocycles. The average Bonchev–Trinajstić information content (AvgIpc) is 3.61. The topological polar surface area (TPSA) is 43.6 Å². The molecule has 0 fully saturated rings. The van der Waals surface area contributed by atoms with Gasteiger partial charge in [0.25, 0.3) is 0 Å². The highest BCUT2D eigenvalue weighted by molar-refractivity contribution is 6.14. The predicted octanol–water partition coefficient (Wildman–Crippen LogP) is 11.4. The molecule has 50 heavy (non-hydrogen) atoms. The first-order chi connectivity index (χ1) is 24.5. The van der Waals surface area contributed by atoms with Gasteiger partial charge >= 0.3 is 0 Å². The summed E-state index contributed by atoms with van der Waals surface area (Å²) >= 11 is 0. The largest absolute Gasteiger partial charge is 0.309 e. The van der Waals surface area contributed by atoms with Crippen molar-refractivity contribution in [1.29, 1.82) is 0 Å². The number of aromatic nitrogens is 4. The minimum absolute atomic E-state index is 0.0347. The van der Waals surface area contributed by atoms with Gasteiger partial charge in [-0.25, -0.2) is 15.0 Å². The Hall–Kier alpha value is -6.39. The van der Waals surface area contributed by atoms with E-state index in [9.17, 15) is 0 Å². The molecule has 1 aliphatic rings. The number of hydrogen-bond donors (Lipinski definition) is 0. The number of fused-ring (bicyclic) bond motifs is 7. The third-order valence-corrected chi connectivity index (χ3v) is 10.4. The quantitative estimate of drug-likeness (QED) is 0.192. The summed E-state index contributed by atoms with van der Waals surface area (Å²) in [6.45, 7) is 4.69. The van der Waals surface area contributed by atoms with Gasteiger partial charge < -0.3 is 4.57 Å². The Balaban J connectivity index is 1.13. The summed E-state index contributed by atoms with van der Waals surface area (Å²) < 4.78 is 2.39. The monoisotopic (exact) mass is 640 g/mol. The molecule has 4 nitrogen and oxygen atoms in total. The molecule has 7 aromatic carbocycles. The van der Waals surface area contributed by atoms with Gasteiger partial charge in [0.15, 0.2) is 17.5 Å². The van der Waals surface area contributed by atoms with E-state index in [2.05, 4.69) is 115 Å². The van der Waals surface area contributed by atoms with Crippen LogP contribution in [0.2, 0.25) is 0 Å². The van der Waals surface area contributed by atoms with Crippen molar-refractivity contribution in [2.24, 2.45) is 0 Å². The van der Waals surface area contributed by atoms with E-state index in [4.69, 9.17) is 15.0 Å². The van der Waals surface area contributed by atoms with Gasteiger partial charge in [-0.1, -0.05) is 117 Å². The fourth-order valence-electron chi connectivity index (χ4n) is 7.89. The second-order valence-corrected chi connectivity index (χ2v) is 13.7. The zero-order valence-corrected chi connectivity index (χ0v) is 27.8. The molecule has 10 rings (SSSR count). The van der Waals surface area contributed by atoms with Crippen LogP contribution in [0.4, 0.5) is 0 Å². The Labute approximate surface area is 290 Å². The number of nitrogens with zero attached hydrogens (tertiary/aromatic N) is 4. The van der Waals surface area contributed by atoms with E-state index < -0.39 is 0 Å². The first-order valence-corrected chi connectivity index (χ1v) is 17.1. The zero-order valence-electron chi connectivity index (χ0n) is 27.8. The fourth-order valence-corrected chi connectivity index (χ4v) is 7.89. The lowest BCUT2D eigenvalue weighted by atomic mass is 9.82. The molecule has 0 unspecified atom stereocenters. The van der Waals surface area contributed by atoms with E-state index in [0.717, 1.165) is 22.4 Å². The molecule has 0 atom stereocenters. The molecule has 0 bridgehead atoms. The number of hydrogen-bond acceptors (Lipinski definition) is 3. The van der Waals surface area contributed by atoms with E-state index in [-0.39, 0.29) is 5.41 Å². The fraction of sp³-hybridized carbons (Fsp3) is 0.0652. The molecule has 0 aliphatic heterocycles. The summed E-state index contributed by atoms with van der Waals surface area (Å²) in [6, 6.07) is 56.0. The maximum atomic E-state index is 4.95. The first kappa shape index (κ1) is 28.6. The minimum atomic E-state index is -0.0347. The van der Waals surface area contributed by atoms with Gasteiger partial charge in [-0.3, -0.25) is 0 Å². The maximum absolute atomic E-state index is 4.95. The van der Waals surface area contributed by atoms with Crippen molar-refractivity contribution < 1.29 is 0 Å². The molecule has 9 aromatic rings. The van der Waals surface area contributed by atoms with Crippen molar-refractivity contribution in [3.8, 4) is 51.0 Å². The van der Waals surface area contributed by atoms with Crippen LogP contribution in [0, 0.1) is 0 Å². The average molecular weight is 641 g/mol. The van der Waals surface area contributed by atoms with Crippen molar-refractivity contribution in [2.75, 3.05) is 0 Å². The molecular weight excluding hydrogens is 609 g/mol. The Morgan fingerprint density at radius 3 is 1.66 bits per heavy atom. The van der Waals surface area contributed by atoms with E-state index in [1.165, 1.54) is 54.8 Å². The van der Waals surface area contributed by atoms with Crippen molar-refractivity contribution in [1.82, 2.24) is 19.5 Å². The second kappa shape index (κ2) is 10.8. The molecule has 0 spiro atoms. The Morgan fingerprint density at radius 2 is 0.980 bits per heavy atom. The van der Waals surface area contributed by atoms with Crippen molar-refractivity contribution in [3.05, 3.63) is 169 Å². The van der Waals surface area contributed by atoms with Crippen LogP contribution in [0.25, 0.3) is 83.6 Å². The normalized spacial score (nSPS) is 13.2. The molecule has 2 aromatic heterocycles. The molecule has 0 saturated carbocycles. The van der Waals surface area contributed by atoms with Gasteiger partial charge in [0.05, 0.1) is 11.0 Å². The molecule has 4 heteroatoms. The number of rotatable bonds is 4. The van der Waals surface area contributed by atoms with Crippen molar-refractivity contribution in [3.63, 3.8) is 0 Å². The third-order valence-electron chi connectivity index (χ3n) is 10.4. The summed E-state index contributed by atoms with van der Waals surface area (Å²) in [7, 11) is 0. The van der Waals surface area contributed by atoms with Crippen molar-refractivity contribution in [2.45, 2.75) is 19.3 Å². The third kappa shape index (κ3) is 4.35. The molecule has 236 valence electrons. The highest BCUT2D eigenvalue weighted by Gasteiger charge is 2.35. The first-order valence-electron chi connectivity index (χ1n) is 17.1. The summed E-state index contributed by atoms with van der Waals surface area (Å²) in [6.07, 6.45) is 0. The lowest BCUT2D eigenvalue weighted by Crippen LogP contribution is -2.14. The number of benzene rings is 7. The van der Waals surface area contributed by atoms with Crippen LogP contribution in [0.1, 0.15) is 25.0 Å². The summed E-state index contributed by atoms with van der Waals surface area (Å²) in [5.74, 6) is 1.96. The van der Waals surface area contributed by atoms with Gasteiger partial charge in [-0.15, -0.1) is 0 Å². The highest BCUT2D eigenvalue weighted by Crippen LogP contribution is 2.50. The van der Waals surface area contributed by atoms with Gasteiger partial charge in [0.2, 0.25) is 0 Å². The van der Waals surface area contributed by atoms with Crippen LogP contribution in [0.3, 0.4) is 0 Å². The van der Waals surface area contributed by atoms with E-state index >= 15 is 0 Å². The van der Waals surface area contributed by atoms with Crippen LogP contribution in [-0.4, -0.2) is 19.5 Å². The smallest absolute Gasteiger partial charge is 0.164 e. The zero-order chi connectivity index (χ0) is 33.4. The molecule has 0 radical (unpaired) electrons. The lowest BCUT2D eigenvalue weighted by Gasteiger charge is -2.21. The lowest BCUT2D eigenvalue weighted by molar-refractivity contribution is 0.661. The summed E-state index contributed by atoms with van der Waals surface area (Å²) in [5, 5.41) is 5.02.